The summed E-state index contributed by atoms with van der Waals surface area (Å²) in [5.74, 6) is 0.680. The predicted octanol–water partition coefficient (Wildman–Crippen LogP) is 7.53. The van der Waals surface area contributed by atoms with E-state index in [-0.39, 0.29) is 25.5 Å². The second-order valence-corrected chi connectivity index (χ2v) is 12.1. The smallest absolute Gasteiger partial charge is 0.252 e. The van der Waals surface area contributed by atoms with Gasteiger partial charge in [0, 0.05) is 51.5 Å². The Morgan fingerprint density at radius 3 is 2.48 bits per heavy atom. The zero-order valence-electron chi connectivity index (χ0n) is 25.0. The molecule has 5 rings (SSSR count). The summed E-state index contributed by atoms with van der Waals surface area (Å²) in [6.45, 7) is 0.951. The number of aliphatic hydroxyl groups excluding tert-OH is 1. The van der Waals surface area contributed by atoms with Gasteiger partial charge in [-0.2, -0.15) is 0 Å². The summed E-state index contributed by atoms with van der Waals surface area (Å²) >= 11 is 9.75. The lowest BCUT2D eigenvalue weighted by Gasteiger charge is -2.32. The third kappa shape index (κ3) is 7.89. The molecule has 4 aromatic rings. The monoisotopic (exact) mass is 701 g/mol. The number of rotatable bonds is 14. The summed E-state index contributed by atoms with van der Waals surface area (Å²) in [4.78, 5) is 22.6. The van der Waals surface area contributed by atoms with Gasteiger partial charge in [0.05, 0.1) is 13.2 Å². The minimum Gasteiger partial charge on any atom is -0.494 e. The Bertz CT molecular complexity index is 1730. The van der Waals surface area contributed by atoms with Crippen LogP contribution in [0.4, 0.5) is 0 Å². The molecular formula is C35H33BrClN5O4. The largest absolute Gasteiger partial charge is 0.494 e. The number of hydrogen-bond donors (Lipinski definition) is 2. The molecule has 0 saturated heterocycles. The Hall–Kier alpha value is -4.34. The van der Waals surface area contributed by atoms with Gasteiger partial charge in [-0.25, -0.2) is 4.99 Å². The van der Waals surface area contributed by atoms with E-state index in [4.69, 9.17) is 36.7 Å². The molecule has 0 spiro atoms. The number of halogens is 2. The second kappa shape index (κ2) is 15.8. The van der Waals surface area contributed by atoms with Gasteiger partial charge in [-0.05, 0) is 71.1 Å². The molecule has 1 aliphatic rings. The molecule has 1 amide bonds. The number of benzene rings is 4. The van der Waals surface area contributed by atoms with Crippen molar-refractivity contribution >= 4 is 39.3 Å². The maximum atomic E-state index is 14.6. The van der Waals surface area contributed by atoms with Crippen LogP contribution in [-0.2, 0) is 28.9 Å². The Balaban J connectivity index is 1.56. The normalized spacial score (nSPS) is 17.0. The maximum absolute atomic E-state index is 14.6. The van der Waals surface area contributed by atoms with E-state index in [9.17, 15) is 4.79 Å². The van der Waals surface area contributed by atoms with Crippen LogP contribution in [0, 0.1) is 0 Å². The van der Waals surface area contributed by atoms with E-state index in [1.54, 1.807) is 0 Å². The number of aliphatic hydroxyl groups is 1. The number of hydrogen-bond acceptors (Lipinski definition) is 6. The number of ether oxygens (including phenoxy) is 2. The van der Waals surface area contributed by atoms with Gasteiger partial charge in [0.25, 0.3) is 5.91 Å². The highest BCUT2D eigenvalue weighted by molar-refractivity contribution is 9.10. The molecule has 0 bridgehead atoms. The summed E-state index contributed by atoms with van der Waals surface area (Å²) < 4.78 is 13.1. The second-order valence-electron chi connectivity index (χ2n) is 10.8. The van der Waals surface area contributed by atoms with Gasteiger partial charge in [0.2, 0.25) is 5.90 Å². The number of nitrogens with one attached hydrogen (secondary N) is 1. The third-order valence-electron chi connectivity index (χ3n) is 7.71. The first-order chi connectivity index (χ1) is 22.4. The fourth-order valence-corrected chi connectivity index (χ4v) is 5.97. The number of carbonyl (C=O) groups excluding carboxylic acids is 1. The molecule has 9 nitrogen and oxygen atoms in total. The molecular weight excluding hydrogens is 670 g/mol. The van der Waals surface area contributed by atoms with E-state index in [0.29, 0.717) is 48.2 Å². The number of amides is 1. The van der Waals surface area contributed by atoms with Crippen molar-refractivity contribution in [1.82, 2.24) is 5.32 Å². The van der Waals surface area contributed by atoms with Gasteiger partial charge in [-0.15, -0.1) is 0 Å². The quantitative estimate of drug-likeness (QED) is 0.0609. The lowest BCUT2D eigenvalue weighted by Crippen LogP contribution is -2.50. The molecule has 0 aliphatic carbocycles. The molecule has 1 heterocycles. The minimum absolute atomic E-state index is 0.0506. The molecule has 0 radical (unpaired) electrons. The Morgan fingerprint density at radius 2 is 1.76 bits per heavy atom. The molecule has 4 aromatic carbocycles. The standard InChI is InChI=1S/C35H33BrClN5O4/c36-31-9-4-3-8-30(31)32-35(22-26-6-1-2-7-27(26)23-40-42-38,34(44)39-19-18-24-10-14-28(37)15-11-24)41-33(46-32)25-12-16-29(17-13-25)45-21-5-20-43/h1-4,6-17,32,43H,5,18-23H2,(H,39,44)/t32-,35-/m1/s1. The highest BCUT2D eigenvalue weighted by Crippen LogP contribution is 2.45. The Kier molecular flexibility index (Phi) is 11.3. The van der Waals surface area contributed by atoms with E-state index in [0.717, 1.165) is 26.7 Å². The van der Waals surface area contributed by atoms with Crippen molar-refractivity contribution in [2.75, 3.05) is 19.8 Å². The zero-order chi connectivity index (χ0) is 32.4. The predicted molar refractivity (Wildman–Crippen MR) is 182 cm³/mol. The fraction of sp³-hybridized carbons (Fsp3) is 0.257. The number of aliphatic imine (C=N–C) groups is 1. The molecule has 11 heteroatoms. The lowest BCUT2D eigenvalue weighted by atomic mass is 9.81. The van der Waals surface area contributed by atoms with E-state index < -0.39 is 11.6 Å². The highest BCUT2D eigenvalue weighted by atomic mass is 79.9. The molecule has 46 heavy (non-hydrogen) atoms. The fourth-order valence-electron chi connectivity index (χ4n) is 5.35. The third-order valence-corrected chi connectivity index (χ3v) is 8.69. The van der Waals surface area contributed by atoms with Gasteiger partial charge in [-0.3, -0.25) is 4.79 Å². The summed E-state index contributed by atoms with van der Waals surface area (Å²) in [6, 6.07) is 30.1. The zero-order valence-corrected chi connectivity index (χ0v) is 27.3. The molecule has 0 fully saturated rings. The van der Waals surface area contributed by atoms with Gasteiger partial charge in [0.1, 0.15) is 5.75 Å². The van der Waals surface area contributed by atoms with Crippen molar-refractivity contribution in [2.45, 2.75) is 37.5 Å². The number of azide groups is 1. The summed E-state index contributed by atoms with van der Waals surface area (Å²) in [6.07, 6.45) is 0.527. The average Bonchev–Trinajstić information content (AvgIpc) is 3.46. The van der Waals surface area contributed by atoms with Crippen LogP contribution in [0.2, 0.25) is 5.02 Å². The van der Waals surface area contributed by atoms with Crippen molar-refractivity contribution in [2.24, 2.45) is 10.1 Å². The minimum atomic E-state index is -1.41. The van der Waals surface area contributed by atoms with Crippen molar-refractivity contribution in [3.8, 4) is 5.75 Å². The summed E-state index contributed by atoms with van der Waals surface area (Å²) in [5.41, 5.74) is 11.7. The topological polar surface area (TPSA) is 129 Å². The van der Waals surface area contributed by atoms with Crippen LogP contribution in [0.3, 0.4) is 0 Å². The Morgan fingerprint density at radius 1 is 1.04 bits per heavy atom. The van der Waals surface area contributed by atoms with Gasteiger partial charge < -0.3 is 19.9 Å². The van der Waals surface area contributed by atoms with Crippen LogP contribution in [0.5, 0.6) is 5.75 Å². The highest BCUT2D eigenvalue weighted by Gasteiger charge is 2.54. The first-order valence-corrected chi connectivity index (χ1v) is 16.1. The maximum Gasteiger partial charge on any atom is 0.252 e. The summed E-state index contributed by atoms with van der Waals surface area (Å²) in [5, 5.41) is 16.7. The average molecular weight is 703 g/mol. The molecule has 0 aromatic heterocycles. The molecule has 1 aliphatic heterocycles. The van der Waals surface area contributed by atoms with Crippen molar-refractivity contribution < 1.29 is 19.4 Å². The molecule has 2 N–H and O–H groups in total. The molecule has 0 unspecified atom stereocenters. The first-order valence-electron chi connectivity index (χ1n) is 14.9. The van der Waals surface area contributed by atoms with E-state index >= 15 is 0 Å². The summed E-state index contributed by atoms with van der Waals surface area (Å²) in [7, 11) is 0. The lowest BCUT2D eigenvalue weighted by molar-refractivity contribution is -0.128. The van der Waals surface area contributed by atoms with Crippen LogP contribution in [0.1, 0.15) is 40.3 Å². The van der Waals surface area contributed by atoms with Crippen LogP contribution < -0.4 is 10.1 Å². The van der Waals surface area contributed by atoms with Crippen molar-refractivity contribution in [3.05, 3.63) is 145 Å². The van der Waals surface area contributed by atoms with Crippen LogP contribution >= 0.6 is 27.5 Å². The molecule has 2 atom stereocenters. The van der Waals surface area contributed by atoms with Gasteiger partial charge in [-0.1, -0.05) is 87.2 Å². The van der Waals surface area contributed by atoms with E-state index in [1.807, 2.05) is 97.1 Å². The SMILES string of the molecule is [N-]=[N+]=NCc1ccccc1C[C@@]1(C(=O)NCCc2ccc(Cl)cc2)N=C(c2ccc(OCCCO)cc2)O[C@@H]1c1ccccc1Br. The van der Waals surface area contributed by atoms with Crippen molar-refractivity contribution in [3.63, 3.8) is 0 Å². The van der Waals surface area contributed by atoms with Crippen molar-refractivity contribution in [1.29, 1.82) is 0 Å². The van der Waals surface area contributed by atoms with E-state index in [2.05, 4.69) is 31.3 Å². The van der Waals surface area contributed by atoms with Crippen LogP contribution in [-0.4, -0.2) is 42.2 Å². The van der Waals surface area contributed by atoms with Gasteiger partial charge in [0.15, 0.2) is 11.6 Å². The molecule has 0 saturated carbocycles. The van der Waals surface area contributed by atoms with E-state index in [1.165, 1.54) is 0 Å². The van der Waals surface area contributed by atoms with Gasteiger partial charge >= 0.3 is 0 Å². The van der Waals surface area contributed by atoms with Crippen LogP contribution in [0.25, 0.3) is 10.4 Å². The number of carbonyl (C=O) groups is 1. The Labute approximate surface area is 281 Å². The van der Waals surface area contributed by atoms with Crippen LogP contribution in [0.15, 0.2) is 112 Å². The molecule has 236 valence electrons. The number of nitrogens with zero attached hydrogens (tertiary/aromatic N) is 4. The first kappa shape index (κ1) is 33.0.